The zero-order chi connectivity index (χ0) is 30.2. The van der Waals surface area contributed by atoms with Crippen LogP contribution in [0.25, 0.3) is 17.0 Å². The number of aromatic nitrogens is 1. The summed E-state index contributed by atoms with van der Waals surface area (Å²) in [6, 6.07) is 19.4. The molecule has 0 saturated heterocycles. The second-order valence-corrected chi connectivity index (χ2v) is 10.0. The molecule has 4 amide bonds. The van der Waals surface area contributed by atoms with Gasteiger partial charge in [-0.05, 0) is 55.0 Å². The van der Waals surface area contributed by atoms with Gasteiger partial charge in [-0.2, -0.15) is 0 Å². The van der Waals surface area contributed by atoms with Crippen molar-refractivity contribution in [1.82, 2.24) is 15.6 Å². The number of hydrogen-bond acceptors (Lipinski definition) is 5. The maximum Gasteiger partial charge on any atom is 0.318 e. The number of ether oxygens (including phenoxy) is 1. The van der Waals surface area contributed by atoms with Crippen molar-refractivity contribution in [3.8, 4) is 5.75 Å². The number of fused-ring (bicyclic) bond motifs is 1. The van der Waals surface area contributed by atoms with E-state index in [-0.39, 0.29) is 42.5 Å². The van der Waals surface area contributed by atoms with Gasteiger partial charge in [0.05, 0.1) is 17.3 Å². The van der Waals surface area contributed by atoms with Crippen LogP contribution in [0, 0.1) is 6.92 Å². The lowest BCUT2D eigenvalue weighted by molar-refractivity contribution is -0.122. The summed E-state index contributed by atoms with van der Waals surface area (Å²) in [7, 11) is 3.09. The number of anilines is 2. The Bertz CT molecular complexity index is 1660. The fourth-order valence-corrected chi connectivity index (χ4v) is 4.58. The minimum atomic E-state index is -0.445. The molecule has 43 heavy (non-hydrogen) atoms. The van der Waals surface area contributed by atoms with Crippen LogP contribution in [0.3, 0.4) is 0 Å². The van der Waals surface area contributed by atoms with Gasteiger partial charge < -0.3 is 25.6 Å². The highest BCUT2D eigenvalue weighted by atomic mass is 35.5. The molecule has 12 heteroatoms. The van der Waals surface area contributed by atoms with Gasteiger partial charge in [0.2, 0.25) is 11.8 Å². The second-order valence-electron chi connectivity index (χ2n) is 9.26. The number of amides is 4. The van der Waals surface area contributed by atoms with Crippen LogP contribution < -0.4 is 25.6 Å². The molecule has 0 aliphatic carbocycles. The topological polar surface area (TPSA) is 113 Å². The van der Waals surface area contributed by atoms with Crippen molar-refractivity contribution in [3.63, 3.8) is 0 Å². The highest BCUT2D eigenvalue weighted by Crippen LogP contribution is 2.35. The van der Waals surface area contributed by atoms with Gasteiger partial charge in [0.25, 0.3) is 0 Å². The number of pyridine rings is 1. The average molecular weight is 643 g/mol. The molecule has 0 atom stereocenters. The fraction of sp³-hybridized carbons (Fsp3) is 0.161. The van der Waals surface area contributed by atoms with Crippen molar-refractivity contribution in [2.24, 2.45) is 0 Å². The Morgan fingerprint density at radius 3 is 2.47 bits per heavy atom. The number of likely N-dealkylation sites (N-methyl/N-ethyl adjacent to an activating group) is 1. The van der Waals surface area contributed by atoms with E-state index >= 15 is 0 Å². The number of carbonyl (C=O) groups excluding carboxylic acids is 3. The highest BCUT2D eigenvalue weighted by Gasteiger charge is 2.19. The van der Waals surface area contributed by atoms with E-state index in [2.05, 4.69) is 20.9 Å². The van der Waals surface area contributed by atoms with Crippen LogP contribution in [0.15, 0.2) is 72.8 Å². The third-order valence-corrected chi connectivity index (χ3v) is 7.11. The van der Waals surface area contributed by atoms with Crippen LogP contribution >= 0.6 is 35.6 Å². The summed E-state index contributed by atoms with van der Waals surface area (Å²) in [5, 5.41) is 9.30. The lowest BCUT2D eigenvalue weighted by Crippen LogP contribution is -2.37. The van der Waals surface area contributed by atoms with E-state index in [1.165, 1.54) is 18.0 Å². The lowest BCUT2D eigenvalue weighted by Gasteiger charge is -2.21. The van der Waals surface area contributed by atoms with Crippen LogP contribution in [0.4, 0.5) is 16.2 Å². The SMILES string of the molecule is CNC(=O)Nc1ccc(/C=C/C(=O)NCC(=O)N(C)c2ccc(Cl)c(COc3cccc4ccc(C)nc34)c2Cl)cc1.Cl. The maximum atomic E-state index is 12.9. The van der Waals surface area contributed by atoms with Gasteiger partial charge in [-0.1, -0.05) is 53.5 Å². The number of rotatable bonds is 9. The van der Waals surface area contributed by atoms with Gasteiger partial charge >= 0.3 is 6.03 Å². The van der Waals surface area contributed by atoms with Gasteiger partial charge in [0.1, 0.15) is 17.9 Å². The third kappa shape index (κ3) is 8.61. The van der Waals surface area contributed by atoms with Crippen molar-refractivity contribution in [2.45, 2.75) is 13.5 Å². The summed E-state index contributed by atoms with van der Waals surface area (Å²) in [5.74, 6) is -0.240. The number of nitrogens with one attached hydrogen (secondary N) is 3. The fourth-order valence-electron chi connectivity index (χ4n) is 3.98. The summed E-state index contributed by atoms with van der Waals surface area (Å²) in [6.07, 6.45) is 2.92. The first-order valence-electron chi connectivity index (χ1n) is 12.9. The standard InChI is InChI=1S/C31H29Cl2N5O4.ClH/c1-19-7-11-21-5-4-6-26(30(21)36-19)42-18-23-24(32)14-15-25(29(23)33)38(3)28(40)17-35-27(39)16-10-20-8-12-22(13-9-20)37-31(41)34-2;/h4-16H,17-18H2,1-3H3,(H,35,39)(H2,34,37,41);1H/b16-10+;. The minimum absolute atomic E-state index is 0. The predicted octanol–water partition coefficient (Wildman–Crippen LogP) is 6.39. The highest BCUT2D eigenvalue weighted by molar-refractivity contribution is 6.38. The number of benzene rings is 3. The van der Waals surface area contributed by atoms with E-state index in [1.807, 2.05) is 37.3 Å². The molecule has 0 unspecified atom stereocenters. The summed E-state index contributed by atoms with van der Waals surface area (Å²) < 4.78 is 6.07. The van der Waals surface area contributed by atoms with Gasteiger partial charge in [-0.3, -0.25) is 9.59 Å². The first-order chi connectivity index (χ1) is 20.2. The molecule has 0 radical (unpaired) electrons. The van der Waals surface area contributed by atoms with Crippen LogP contribution in [0.5, 0.6) is 5.75 Å². The van der Waals surface area contributed by atoms with Gasteiger partial charge in [-0.15, -0.1) is 12.4 Å². The van der Waals surface area contributed by atoms with E-state index in [1.54, 1.807) is 49.5 Å². The molecule has 224 valence electrons. The van der Waals surface area contributed by atoms with Crippen LogP contribution in [0.1, 0.15) is 16.8 Å². The third-order valence-electron chi connectivity index (χ3n) is 6.33. The van der Waals surface area contributed by atoms with Crippen molar-refractivity contribution >= 4 is 81.8 Å². The largest absolute Gasteiger partial charge is 0.487 e. The molecular weight excluding hydrogens is 613 g/mol. The second kappa shape index (κ2) is 15.2. The van der Waals surface area contributed by atoms with Crippen molar-refractivity contribution in [2.75, 3.05) is 30.9 Å². The molecular formula is C31H30Cl3N5O4. The number of para-hydroxylation sites is 1. The average Bonchev–Trinajstić information content (AvgIpc) is 2.99. The summed E-state index contributed by atoms with van der Waals surface area (Å²) in [4.78, 5) is 42.6. The maximum absolute atomic E-state index is 12.9. The van der Waals surface area contributed by atoms with Crippen molar-refractivity contribution in [1.29, 1.82) is 0 Å². The monoisotopic (exact) mass is 641 g/mol. The lowest BCUT2D eigenvalue weighted by atomic mass is 10.1. The molecule has 9 nitrogen and oxygen atoms in total. The van der Waals surface area contributed by atoms with Crippen LogP contribution in [-0.4, -0.2) is 43.5 Å². The number of halogens is 3. The number of nitrogens with zero attached hydrogens (tertiary/aromatic N) is 2. The quantitative estimate of drug-likeness (QED) is 0.183. The molecule has 3 N–H and O–H groups in total. The minimum Gasteiger partial charge on any atom is -0.487 e. The molecule has 1 heterocycles. The Kier molecular flexibility index (Phi) is 11.8. The Morgan fingerprint density at radius 2 is 1.74 bits per heavy atom. The Morgan fingerprint density at radius 1 is 1.00 bits per heavy atom. The van der Waals surface area contributed by atoms with Crippen LogP contribution in [-0.2, 0) is 16.2 Å². The molecule has 0 fully saturated rings. The van der Waals surface area contributed by atoms with Crippen molar-refractivity contribution in [3.05, 3.63) is 99.7 Å². The van der Waals surface area contributed by atoms with E-state index in [0.717, 1.165) is 22.2 Å². The number of urea groups is 1. The Labute approximate surface area is 265 Å². The summed E-state index contributed by atoms with van der Waals surface area (Å²) in [5.41, 5.74) is 3.89. The van der Waals surface area contributed by atoms with Crippen LogP contribution in [0.2, 0.25) is 10.0 Å². The van der Waals surface area contributed by atoms with E-state index in [0.29, 0.717) is 27.7 Å². The molecule has 0 spiro atoms. The molecule has 4 rings (SSSR count). The zero-order valence-corrected chi connectivity index (χ0v) is 25.9. The molecule has 0 aliphatic rings. The molecule has 0 bridgehead atoms. The van der Waals surface area contributed by atoms with E-state index in [4.69, 9.17) is 27.9 Å². The smallest absolute Gasteiger partial charge is 0.318 e. The normalized spacial score (nSPS) is 10.6. The molecule has 1 aromatic heterocycles. The predicted molar refractivity (Wildman–Crippen MR) is 174 cm³/mol. The first-order valence-corrected chi connectivity index (χ1v) is 13.7. The molecule has 4 aromatic rings. The molecule has 0 saturated carbocycles. The molecule has 3 aromatic carbocycles. The number of aryl methyl sites for hydroxylation is 1. The van der Waals surface area contributed by atoms with Gasteiger partial charge in [0.15, 0.2) is 0 Å². The molecule has 0 aliphatic heterocycles. The first kappa shape index (κ1) is 33.2. The van der Waals surface area contributed by atoms with E-state index < -0.39 is 5.91 Å². The number of carbonyl (C=O) groups is 3. The number of hydrogen-bond donors (Lipinski definition) is 3. The zero-order valence-electron chi connectivity index (χ0n) is 23.6. The Hall–Kier alpha value is -4.31. The Balaban J connectivity index is 0.00000506. The van der Waals surface area contributed by atoms with Gasteiger partial charge in [-0.25, -0.2) is 9.78 Å². The summed E-state index contributed by atoms with van der Waals surface area (Å²) in [6.45, 7) is 1.72. The van der Waals surface area contributed by atoms with E-state index in [9.17, 15) is 14.4 Å². The van der Waals surface area contributed by atoms with Crippen molar-refractivity contribution < 1.29 is 19.1 Å². The van der Waals surface area contributed by atoms with Gasteiger partial charge in [0, 0.05) is 47.5 Å². The summed E-state index contributed by atoms with van der Waals surface area (Å²) >= 11 is 13.1.